The zero-order valence-electron chi connectivity index (χ0n) is 14.9. The second-order valence-corrected chi connectivity index (χ2v) is 7.34. The smallest absolute Gasteiger partial charge is 0.259 e. The van der Waals surface area contributed by atoms with Crippen molar-refractivity contribution >= 4 is 11.8 Å². The Morgan fingerprint density at radius 2 is 2.15 bits per heavy atom. The summed E-state index contributed by atoms with van der Waals surface area (Å²) in [6, 6.07) is 0.185. The topological polar surface area (TPSA) is 113 Å². The maximum absolute atomic E-state index is 13.0. The molecule has 0 bridgehead atoms. The van der Waals surface area contributed by atoms with Crippen LogP contribution in [-0.4, -0.2) is 77.7 Å². The largest absolute Gasteiger partial charge is 0.340 e. The van der Waals surface area contributed by atoms with Crippen molar-refractivity contribution in [1.82, 2.24) is 40.2 Å². The second kappa shape index (κ2) is 6.19. The zero-order chi connectivity index (χ0) is 18.3. The fourth-order valence-electron chi connectivity index (χ4n) is 4.06. The first-order valence-corrected chi connectivity index (χ1v) is 8.89. The molecule has 4 heterocycles. The van der Waals surface area contributed by atoms with E-state index >= 15 is 0 Å². The van der Waals surface area contributed by atoms with Crippen molar-refractivity contribution in [3.8, 4) is 5.82 Å². The summed E-state index contributed by atoms with van der Waals surface area (Å²) in [5.41, 5.74) is -0.0463. The molecule has 0 unspecified atom stereocenters. The van der Waals surface area contributed by atoms with Gasteiger partial charge in [0.15, 0.2) is 5.82 Å². The molecular formula is C16H22N8O2. The zero-order valence-corrected chi connectivity index (χ0v) is 14.9. The van der Waals surface area contributed by atoms with Gasteiger partial charge in [-0.25, -0.2) is 0 Å². The summed E-state index contributed by atoms with van der Waals surface area (Å²) >= 11 is 0. The number of H-pyrrole nitrogens is 1. The van der Waals surface area contributed by atoms with Crippen molar-refractivity contribution in [3.63, 3.8) is 0 Å². The van der Waals surface area contributed by atoms with E-state index in [1.807, 2.05) is 18.7 Å². The highest BCUT2D eigenvalue weighted by Gasteiger charge is 2.50. The SMILES string of the molecule is CC(C)N1CCC[C@@]2(CCN(C(=O)c3cn[nH]c3-n3cnnn3)C2)C1=O. The average Bonchev–Trinajstić information content (AvgIpc) is 3.37. The molecule has 0 saturated carbocycles. The predicted molar refractivity (Wildman–Crippen MR) is 90.3 cm³/mol. The van der Waals surface area contributed by atoms with Crippen LogP contribution in [0.1, 0.15) is 43.5 Å². The standard InChI is InChI=1S/C16H22N8O2/c1-11(2)23-6-3-4-16(15(23)26)5-7-22(9-16)14(25)12-8-17-19-13(12)24-10-18-20-21-24/h8,10-11H,3-7,9H2,1-2H3,(H,17,19)/t16-/m0/s1. The van der Waals surface area contributed by atoms with Crippen LogP contribution in [0.2, 0.25) is 0 Å². The van der Waals surface area contributed by atoms with Crippen molar-refractivity contribution in [2.24, 2.45) is 5.41 Å². The van der Waals surface area contributed by atoms with Crippen LogP contribution < -0.4 is 0 Å². The van der Waals surface area contributed by atoms with Crippen LogP contribution in [-0.2, 0) is 4.79 Å². The Balaban J connectivity index is 1.55. The van der Waals surface area contributed by atoms with Gasteiger partial charge in [0.25, 0.3) is 5.91 Å². The Bertz CT molecular complexity index is 814. The molecule has 10 nitrogen and oxygen atoms in total. The summed E-state index contributed by atoms with van der Waals surface area (Å²) in [4.78, 5) is 29.8. The van der Waals surface area contributed by atoms with Crippen LogP contribution in [0.4, 0.5) is 0 Å². The molecule has 2 fully saturated rings. The lowest BCUT2D eigenvalue weighted by atomic mass is 9.78. The van der Waals surface area contributed by atoms with E-state index in [1.54, 1.807) is 4.90 Å². The van der Waals surface area contributed by atoms with Gasteiger partial charge in [-0.3, -0.25) is 14.7 Å². The molecule has 2 aliphatic heterocycles. The first-order valence-electron chi connectivity index (χ1n) is 8.89. The lowest BCUT2D eigenvalue weighted by Gasteiger charge is -2.41. The number of amides is 2. The lowest BCUT2D eigenvalue weighted by Crippen LogP contribution is -2.52. The van der Waals surface area contributed by atoms with E-state index in [2.05, 4.69) is 25.7 Å². The van der Waals surface area contributed by atoms with Gasteiger partial charge in [-0.1, -0.05) is 0 Å². The number of nitrogens with zero attached hydrogens (tertiary/aromatic N) is 7. The Labute approximate surface area is 150 Å². The van der Waals surface area contributed by atoms with Gasteiger partial charge in [-0.05, 0) is 43.5 Å². The third-order valence-electron chi connectivity index (χ3n) is 5.46. The van der Waals surface area contributed by atoms with E-state index < -0.39 is 5.41 Å². The molecule has 1 N–H and O–H groups in total. The van der Waals surface area contributed by atoms with E-state index in [9.17, 15) is 9.59 Å². The number of aromatic nitrogens is 6. The molecule has 2 aliphatic rings. The van der Waals surface area contributed by atoms with Gasteiger partial charge in [0.05, 0.1) is 11.6 Å². The van der Waals surface area contributed by atoms with Gasteiger partial charge >= 0.3 is 0 Å². The third kappa shape index (κ3) is 2.56. The highest BCUT2D eigenvalue weighted by atomic mass is 16.2. The fraction of sp³-hybridized carbons (Fsp3) is 0.625. The number of hydrogen-bond acceptors (Lipinski definition) is 6. The predicted octanol–water partition coefficient (Wildman–Crippen LogP) is 0.249. The monoisotopic (exact) mass is 358 g/mol. The van der Waals surface area contributed by atoms with E-state index in [-0.39, 0.29) is 17.9 Å². The molecule has 10 heteroatoms. The number of carbonyl (C=O) groups excluding carboxylic acids is 2. The van der Waals surface area contributed by atoms with Crippen LogP contribution in [0, 0.1) is 5.41 Å². The lowest BCUT2D eigenvalue weighted by molar-refractivity contribution is -0.147. The van der Waals surface area contributed by atoms with Crippen LogP contribution in [0.25, 0.3) is 5.82 Å². The number of aromatic amines is 1. The number of rotatable bonds is 3. The Kier molecular flexibility index (Phi) is 3.97. The highest BCUT2D eigenvalue weighted by Crippen LogP contribution is 2.41. The highest BCUT2D eigenvalue weighted by molar-refractivity contribution is 5.98. The number of likely N-dealkylation sites (tertiary alicyclic amines) is 2. The molecular weight excluding hydrogens is 336 g/mol. The molecule has 138 valence electrons. The summed E-state index contributed by atoms with van der Waals surface area (Å²) in [6.45, 7) is 5.90. The molecule has 0 aromatic carbocycles. The van der Waals surface area contributed by atoms with Crippen molar-refractivity contribution in [2.45, 2.75) is 39.2 Å². The van der Waals surface area contributed by atoms with Gasteiger partial charge in [-0.15, -0.1) is 5.10 Å². The number of tetrazole rings is 1. The maximum atomic E-state index is 13.0. The van der Waals surface area contributed by atoms with E-state index in [4.69, 9.17) is 0 Å². The molecule has 4 rings (SSSR count). The summed E-state index contributed by atoms with van der Waals surface area (Å²) in [7, 11) is 0. The molecule has 0 aliphatic carbocycles. The van der Waals surface area contributed by atoms with Gasteiger partial charge in [0.1, 0.15) is 11.9 Å². The minimum atomic E-state index is -0.448. The number of hydrogen-bond donors (Lipinski definition) is 1. The molecule has 0 radical (unpaired) electrons. The van der Waals surface area contributed by atoms with Crippen LogP contribution >= 0.6 is 0 Å². The van der Waals surface area contributed by atoms with E-state index in [1.165, 1.54) is 17.2 Å². The Morgan fingerprint density at radius 1 is 1.31 bits per heavy atom. The van der Waals surface area contributed by atoms with Crippen molar-refractivity contribution < 1.29 is 9.59 Å². The normalized spacial score (nSPS) is 23.4. The number of carbonyl (C=O) groups is 2. The van der Waals surface area contributed by atoms with E-state index in [0.29, 0.717) is 30.9 Å². The molecule has 2 amide bonds. The van der Waals surface area contributed by atoms with Crippen molar-refractivity contribution in [3.05, 3.63) is 18.1 Å². The number of piperidine rings is 1. The molecule has 2 saturated heterocycles. The van der Waals surface area contributed by atoms with Gasteiger partial charge in [0, 0.05) is 25.7 Å². The van der Waals surface area contributed by atoms with Crippen molar-refractivity contribution in [1.29, 1.82) is 0 Å². The fourth-order valence-corrected chi connectivity index (χ4v) is 4.06. The molecule has 1 atom stereocenters. The summed E-state index contributed by atoms with van der Waals surface area (Å²) in [6.07, 6.45) is 5.41. The average molecular weight is 358 g/mol. The van der Waals surface area contributed by atoms with Gasteiger partial charge in [-0.2, -0.15) is 9.78 Å². The van der Waals surface area contributed by atoms with Gasteiger partial charge < -0.3 is 9.80 Å². The minimum absolute atomic E-state index is 0.157. The van der Waals surface area contributed by atoms with Crippen LogP contribution in [0.15, 0.2) is 12.5 Å². The summed E-state index contributed by atoms with van der Waals surface area (Å²) in [5.74, 6) is 0.456. The van der Waals surface area contributed by atoms with Gasteiger partial charge in [0.2, 0.25) is 5.91 Å². The Hall–Kier alpha value is -2.78. The van der Waals surface area contributed by atoms with E-state index in [0.717, 1.165) is 19.4 Å². The van der Waals surface area contributed by atoms with Crippen molar-refractivity contribution in [2.75, 3.05) is 19.6 Å². The maximum Gasteiger partial charge on any atom is 0.259 e. The summed E-state index contributed by atoms with van der Waals surface area (Å²) in [5, 5.41) is 17.7. The molecule has 26 heavy (non-hydrogen) atoms. The first-order chi connectivity index (χ1) is 12.5. The minimum Gasteiger partial charge on any atom is -0.340 e. The third-order valence-corrected chi connectivity index (χ3v) is 5.46. The second-order valence-electron chi connectivity index (χ2n) is 7.34. The quantitative estimate of drug-likeness (QED) is 0.841. The first kappa shape index (κ1) is 16.7. The molecule has 2 aromatic rings. The number of nitrogens with one attached hydrogen (secondary N) is 1. The van der Waals surface area contributed by atoms with Crippen LogP contribution in [0.3, 0.4) is 0 Å². The molecule has 1 spiro atoms. The molecule has 2 aromatic heterocycles. The summed E-state index contributed by atoms with van der Waals surface area (Å²) < 4.78 is 1.37. The Morgan fingerprint density at radius 3 is 2.88 bits per heavy atom. The van der Waals surface area contributed by atoms with Crippen LogP contribution in [0.5, 0.6) is 0 Å².